The molecule has 188 valence electrons. The molecule has 0 saturated carbocycles. The number of hydrogen-bond donors (Lipinski definition) is 4. The number of primary amides is 1. The molecule has 36 heavy (non-hydrogen) atoms. The first-order valence-electron chi connectivity index (χ1n) is 11.1. The normalized spacial score (nSPS) is 14.8. The van der Waals surface area contributed by atoms with E-state index in [2.05, 4.69) is 15.0 Å². The van der Waals surface area contributed by atoms with Crippen LogP contribution < -0.4 is 26.8 Å². The van der Waals surface area contributed by atoms with E-state index < -0.39 is 12.3 Å². The first-order valence-corrected chi connectivity index (χ1v) is 11.8. The maximum Gasteiger partial charge on any atom is 0.314 e. The van der Waals surface area contributed by atoms with Crippen LogP contribution in [-0.4, -0.2) is 57.8 Å². The zero-order valence-electron chi connectivity index (χ0n) is 19.2. The molecule has 0 aliphatic carbocycles. The molecule has 0 spiro atoms. The van der Waals surface area contributed by atoms with Crippen molar-refractivity contribution in [2.75, 3.05) is 36.8 Å². The number of halogens is 2. The van der Waals surface area contributed by atoms with Crippen LogP contribution in [0.4, 0.5) is 16.4 Å². The van der Waals surface area contributed by atoms with Gasteiger partial charge in [-0.25, -0.2) is 14.8 Å². The number of hydrogen-bond acceptors (Lipinski definition) is 9. The summed E-state index contributed by atoms with van der Waals surface area (Å²) in [5, 5.41) is 9.24. The maximum absolute atomic E-state index is 11.5. The van der Waals surface area contributed by atoms with Gasteiger partial charge < -0.3 is 26.0 Å². The first-order chi connectivity index (χ1) is 17.2. The van der Waals surface area contributed by atoms with E-state index in [-0.39, 0.29) is 15.8 Å². The quantitative estimate of drug-likeness (QED) is 0.214. The minimum Gasteiger partial charge on any atom is -0.471 e. The Balaban J connectivity index is 1.49. The van der Waals surface area contributed by atoms with Gasteiger partial charge in [0.1, 0.15) is 5.75 Å². The molecular weight excluding hydrogens is 505 g/mol. The summed E-state index contributed by atoms with van der Waals surface area (Å²) < 4.78 is 5.83. The van der Waals surface area contributed by atoms with Crippen LogP contribution in [0.1, 0.15) is 29.3 Å². The Morgan fingerprint density at radius 1 is 1.06 bits per heavy atom. The molecule has 0 radical (unpaired) electrons. The van der Waals surface area contributed by atoms with E-state index in [0.29, 0.717) is 60.3 Å². The summed E-state index contributed by atoms with van der Waals surface area (Å²) in [5.41, 5.74) is 19.5. The molecule has 3 heterocycles. The van der Waals surface area contributed by atoms with E-state index in [1.165, 1.54) is 12.4 Å². The molecule has 7 N–H and O–H groups in total. The lowest BCUT2D eigenvalue weighted by molar-refractivity contribution is 0.211. The third-order valence-corrected chi connectivity index (χ3v) is 6.35. The van der Waals surface area contributed by atoms with E-state index >= 15 is 0 Å². The van der Waals surface area contributed by atoms with Crippen LogP contribution in [0.15, 0.2) is 43.0 Å². The topological polar surface area (TPSA) is 173 Å². The van der Waals surface area contributed by atoms with Crippen LogP contribution in [0.25, 0.3) is 0 Å². The Hall–Kier alpha value is -3.67. The van der Waals surface area contributed by atoms with Crippen molar-refractivity contribution in [3.8, 4) is 5.75 Å². The lowest BCUT2D eigenvalue weighted by atomic mass is 10.0. The highest BCUT2D eigenvalue weighted by Gasteiger charge is 2.20. The molecule has 2 amide bonds. The molecule has 0 bridgehead atoms. The van der Waals surface area contributed by atoms with Gasteiger partial charge in [-0.05, 0) is 24.6 Å². The van der Waals surface area contributed by atoms with E-state index in [1.54, 1.807) is 35.5 Å². The van der Waals surface area contributed by atoms with Gasteiger partial charge in [0.05, 0.1) is 15.8 Å². The maximum atomic E-state index is 11.5. The number of nitrogens with zero attached hydrogens (tertiary/aromatic N) is 5. The fourth-order valence-electron chi connectivity index (χ4n) is 3.83. The number of carbonyl (C=O) groups excluding carboxylic acids is 1. The van der Waals surface area contributed by atoms with Gasteiger partial charge in [0.2, 0.25) is 5.95 Å². The van der Waals surface area contributed by atoms with Crippen LogP contribution in [0.3, 0.4) is 0 Å². The van der Waals surface area contributed by atoms with Crippen LogP contribution in [0.5, 0.6) is 5.75 Å². The van der Waals surface area contributed by atoms with Crippen molar-refractivity contribution < 1.29 is 9.53 Å². The van der Waals surface area contributed by atoms with Crippen LogP contribution in [0, 0.1) is 5.41 Å². The average molecular weight is 530 g/mol. The minimum atomic E-state index is -0.958. The Bertz CT molecular complexity index is 1250. The second-order valence-electron chi connectivity index (χ2n) is 8.12. The van der Waals surface area contributed by atoms with Crippen LogP contribution in [0.2, 0.25) is 10.0 Å². The van der Waals surface area contributed by atoms with Crippen molar-refractivity contribution in [3.05, 3.63) is 69.7 Å². The van der Waals surface area contributed by atoms with Gasteiger partial charge in [0.25, 0.3) is 0 Å². The molecule has 11 nitrogen and oxygen atoms in total. The number of pyridine rings is 1. The van der Waals surface area contributed by atoms with E-state index in [0.717, 1.165) is 6.42 Å². The lowest BCUT2D eigenvalue weighted by Crippen LogP contribution is -2.38. The van der Waals surface area contributed by atoms with Gasteiger partial charge in [0.15, 0.2) is 6.23 Å². The molecule has 0 unspecified atom stereocenters. The predicted octanol–water partition coefficient (Wildman–Crippen LogP) is 2.80. The Labute approximate surface area is 217 Å². The van der Waals surface area contributed by atoms with Crippen molar-refractivity contribution >= 4 is 46.6 Å². The van der Waals surface area contributed by atoms with Crippen LogP contribution >= 0.6 is 23.2 Å². The first kappa shape index (κ1) is 25.4. The molecule has 1 atom stereocenters. The molecule has 3 aromatic rings. The number of nitrogens with two attached hydrogens (primary N) is 3. The summed E-state index contributed by atoms with van der Waals surface area (Å²) in [6.45, 7) is 2.35. The molecule has 1 aliphatic heterocycles. The van der Waals surface area contributed by atoms with E-state index in [1.807, 2.05) is 4.90 Å². The largest absolute Gasteiger partial charge is 0.471 e. The van der Waals surface area contributed by atoms with Crippen molar-refractivity contribution in [3.63, 3.8) is 0 Å². The second kappa shape index (κ2) is 10.9. The molecule has 4 rings (SSSR count). The number of nitrogens with one attached hydrogen (secondary N) is 1. The van der Waals surface area contributed by atoms with Gasteiger partial charge in [-0.2, -0.15) is 0 Å². The molecular formula is C23H25Cl2N9O2. The van der Waals surface area contributed by atoms with Gasteiger partial charge in [-0.15, -0.1) is 0 Å². The zero-order valence-corrected chi connectivity index (χ0v) is 20.7. The number of carbonyl (C=O) groups is 1. The lowest BCUT2D eigenvalue weighted by Gasteiger charge is -2.21. The fraction of sp³-hybridized carbons (Fsp3) is 0.261. The predicted molar refractivity (Wildman–Crippen MR) is 139 cm³/mol. The highest BCUT2D eigenvalue weighted by molar-refractivity contribution is 6.35. The number of urea groups is 1. The fourth-order valence-corrected chi connectivity index (χ4v) is 4.41. The summed E-state index contributed by atoms with van der Waals surface area (Å²) in [7, 11) is 0. The Morgan fingerprint density at radius 3 is 2.42 bits per heavy atom. The molecule has 2 aromatic heterocycles. The number of ether oxygens (including phenoxy) is 1. The highest BCUT2D eigenvalue weighted by atomic mass is 35.5. The summed E-state index contributed by atoms with van der Waals surface area (Å²) >= 11 is 12.4. The van der Waals surface area contributed by atoms with Gasteiger partial charge in [0, 0.05) is 73.3 Å². The van der Waals surface area contributed by atoms with Gasteiger partial charge in [-0.3, -0.25) is 16.1 Å². The highest BCUT2D eigenvalue weighted by Crippen LogP contribution is 2.31. The van der Waals surface area contributed by atoms with Gasteiger partial charge >= 0.3 is 6.03 Å². The molecule has 1 saturated heterocycles. The number of anilines is 2. The number of nitrogen functional groups attached to an aromatic ring is 1. The van der Waals surface area contributed by atoms with Crippen LogP contribution in [-0.2, 0) is 0 Å². The standard InChI is InChI=1S/C23H25Cl2N9O2/c24-16-11-30-12-17(25)19(16)21(28)36-14-2-3-18(26)15(8-14)20(27)13-9-31-23(32-10-13)34-5-1-4-33(6-7-34)22(29)35/h2-3,8-12,21,27H,1,4-7,26,28H2,(H2,29,35)/t21-/m0/s1. The SMILES string of the molecule is N=C(c1cnc(N2CCCN(C(N)=O)CC2)nc1)c1cc(O[C@H](N)c2c(Cl)cncc2Cl)ccc1N. The monoisotopic (exact) mass is 529 g/mol. The molecule has 1 aliphatic rings. The zero-order chi connectivity index (χ0) is 25.8. The van der Waals surface area contributed by atoms with Gasteiger partial charge in [-0.1, -0.05) is 23.2 Å². The summed E-state index contributed by atoms with van der Waals surface area (Å²) in [6.07, 6.45) is 5.79. The van der Waals surface area contributed by atoms with E-state index in [9.17, 15) is 4.79 Å². The number of amides is 2. The summed E-state index contributed by atoms with van der Waals surface area (Å²) in [4.78, 5) is 27.8. The summed E-state index contributed by atoms with van der Waals surface area (Å²) in [6, 6.07) is 4.45. The molecule has 1 aromatic carbocycles. The molecule has 13 heteroatoms. The van der Waals surface area contributed by atoms with Crippen molar-refractivity contribution in [1.82, 2.24) is 19.9 Å². The van der Waals surface area contributed by atoms with E-state index in [4.69, 9.17) is 50.5 Å². The molecule has 1 fully saturated rings. The Morgan fingerprint density at radius 2 is 1.75 bits per heavy atom. The van der Waals surface area contributed by atoms with Crippen molar-refractivity contribution in [2.45, 2.75) is 12.6 Å². The number of rotatable bonds is 6. The third kappa shape index (κ3) is 5.59. The third-order valence-electron chi connectivity index (χ3n) is 5.75. The minimum absolute atomic E-state index is 0.119. The smallest absolute Gasteiger partial charge is 0.314 e. The van der Waals surface area contributed by atoms with Crippen molar-refractivity contribution in [1.29, 1.82) is 5.41 Å². The number of benzene rings is 1. The Kier molecular flexibility index (Phi) is 7.73. The average Bonchev–Trinajstić information content (AvgIpc) is 3.11. The number of aromatic nitrogens is 3. The van der Waals surface area contributed by atoms with Crippen molar-refractivity contribution in [2.24, 2.45) is 11.5 Å². The second-order valence-corrected chi connectivity index (χ2v) is 8.93. The summed E-state index contributed by atoms with van der Waals surface area (Å²) in [5.74, 6) is 0.890.